The molecule has 1 aromatic carbocycles. The van der Waals surface area contributed by atoms with Crippen LogP contribution in [0.5, 0.6) is 0 Å². The first-order valence-electron chi connectivity index (χ1n) is 6.89. The van der Waals surface area contributed by atoms with E-state index in [0.717, 1.165) is 26.4 Å². The van der Waals surface area contributed by atoms with Crippen molar-refractivity contribution in [2.75, 3.05) is 12.3 Å². The lowest BCUT2D eigenvalue weighted by Gasteiger charge is -2.12. The molecule has 2 N–H and O–H groups in total. The maximum atomic E-state index is 11.8. The number of nitrogens with zero attached hydrogens (tertiary/aromatic N) is 1. The molecule has 22 heavy (non-hydrogen) atoms. The molecule has 7 heteroatoms. The molecule has 4 nitrogen and oxygen atoms in total. The second-order valence-corrected chi connectivity index (χ2v) is 7.25. The van der Waals surface area contributed by atoms with Crippen LogP contribution >= 0.6 is 34.7 Å². The van der Waals surface area contributed by atoms with Crippen LogP contribution in [0.2, 0.25) is 5.02 Å². The lowest BCUT2D eigenvalue weighted by Crippen LogP contribution is -2.38. The first-order chi connectivity index (χ1) is 10.5. The summed E-state index contributed by atoms with van der Waals surface area (Å²) >= 11 is 9.07. The van der Waals surface area contributed by atoms with Gasteiger partial charge >= 0.3 is 6.03 Å². The van der Waals surface area contributed by atoms with E-state index in [2.05, 4.69) is 15.6 Å². The number of hydrogen-bond donors (Lipinski definition) is 2. The van der Waals surface area contributed by atoms with Crippen molar-refractivity contribution >= 4 is 40.7 Å². The van der Waals surface area contributed by atoms with Gasteiger partial charge in [0.1, 0.15) is 5.01 Å². The van der Waals surface area contributed by atoms with Crippen molar-refractivity contribution in [3.05, 3.63) is 45.4 Å². The molecule has 0 radical (unpaired) electrons. The quantitative estimate of drug-likeness (QED) is 0.601. The first kappa shape index (κ1) is 17.1. The number of amides is 2. The van der Waals surface area contributed by atoms with E-state index in [0.29, 0.717) is 6.54 Å². The van der Waals surface area contributed by atoms with Crippen molar-refractivity contribution in [2.45, 2.75) is 24.8 Å². The van der Waals surface area contributed by atoms with Gasteiger partial charge in [0, 0.05) is 33.3 Å². The van der Waals surface area contributed by atoms with E-state index in [1.807, 2.05) is 43.5 Å². The largest absolute Gasteiger partial charge is 0.337 e. The number of carbonyl (C=O) groups is 1. The maximum Gasteiger partial charge on any atom is 0.315 e. The van der Waals surface area contributed by atoms with Crippen LogP contribution in [0.25, 0.3) is 0 Å². The summed E-state index contributed by atoms with van der Waals surface area (Å²) < 4.78 is 0. The van der Waals surface area contributed by atoms with Gasteiger partial charge in [-0.25, -0.2) is 9.78 Å². The van der Waals surface area contributed by atoms with Crippen LogP contribution in [0.1, 0.15) is 23.7 Å². The van der Waals surface area contributed by atoms with Gasteiger partial charge in [0.05, 0.1) is 6.04 Å². The van der Waals surface area contributed by atoms with E-state index in [1.54, 1.807) is 23.1 Å². The van der Waals surface area contributed by atoms with Gasteiger partial charge in [-0.15, -0.1) is 23.1 Å². The normalized spacial score (nSPS) is 12.0. The Bertz CT molecular complexity index is 616. The summed E-state index contributed by atoms with van der Waals surface area (Å²) in [6, 6.07) is 7.42. The second kappa shape index (κ2) is 8.41. The molecule has 2 amide bonds. The number of hydrogen-bond acceptors (Lipinski definition) is 4. The van der Waals surface area contributed by atoms with Gasteiger partial charge in [-0.05, 0) is 38.1 Å². The highest BCUT2D eigenvalue weighted by Gasteiger charge is 2.11. The Balaban J connectivity index is 1.66. The Morgan fingerprint density at radius 2 is 2.14 bits per heavy atom. The summed E-state index contributed by atoms with van der Waals surface area (Å²) in [7, 11) is 0. The zero-order chi connectivity index (χ0) is 15.9. The third-order valence-corrected chi connectivity index (χ3v) is 5.24. The summed E-state index contributed by atoms with van der Waals surface area (Å²) in [4.78, 5) is 17.3. The first-order valence-corrected chi connectivity index (χ1v) is 9.13. The van der Waals surface area contributed by atoms with E-state index in [9.17, 15) is 4.79 Å². The van der Waals surface area contributed by atoms with Gasteiger partial charge in [0.25, 0.3) is 0 Å². The zero-order valence-corrected chi connectivity index (χ0v) is 14.8. The molecule has 1 heterocycles. The van der Waals surface area contributed by atoms with E-state index in [1.165, 1.54) is 0 Å². The summed E-state index contributed by atoms with van der Waals surface area (Å²) in [6.07, 6.45) is 0. The molecular weight excluding hydrogens is 338 g/mol. The molecule has 0 fully saturated rings. The monoisotopic (exact) mass is 355 g/mol. The molecule has 0 spiro atoms. The van der Waals surface area contributed by atoms with Gasteiger partial charge in [0.2, 0.25) is 0 Å². The van der Waals surface area contributed by atoms with Gasteiger partial charge in [-0.3, -0.25) is 0 Å². The second-order valence-electron chi connectivity index (χ2n) is 4.75. The van der Waals surface area contributed by atoms with Crippen molar-refractivity contribution in [1.29, 1.82) is 0 Å². The molecule has 0 aliphatic carbocycles. The number of halogens is 1. The standard InChI is InChI=1S/C15H18ClN3OS2/c1-10-9-22-14(18-10)11(2)19-15(20)17-7-8-21-13-5-3-12(16)4-6-13/h3-6,9,11H,7-8H2,1-2H3,(H2,17,19,20). The highest BCUT2D eigenvalue weighted by molar-refractivity contribution is 7.99. The molecule has 0 bridgehead atoms. The molecule has 0 saturated carbocycles. The molecule has 0 aliphatic heterocycles. The van der Waals surface area contributed by atoms with Crippen LogP contribution in [0.15, 0.2) is 34.5 Å². The lowest BCUT2D eigenvalue weighted by molar-refractivity contribution is 0.238. The van der Waals surface area contributed by atoms with Gasteiger partial charge < -0.3 is 10.6 Å². The Hall–Kier alpha value is -1.24. The van der Waals surface area contributed by atoms with Crippen LogP contribution in [0, 0.1) is 6.92 Å². The number of aromatic nitrogens is 1. The van der Waals surface area contributed by atoms with Crippen molar-refractivity contribution < 1.29 is 4.79 Å². The van der Waals surface area contributed by atoms with Crippen LogP contribution < -0.4 is 10.6 Å². The fraction of sp³-hybridized carbons (Fsp3) is 0.333. The molecule has 0 saturated heterocycles. The smallest absolute Gasteiger partial charge is 0.315 e. The Morgan fingerprint density at radius 1 is 1.41 bits per heavy atom. The zero-order valence-electron chi connectivity index (χ0n) is 12.4. The average molecular weight is 356 g/mol. The minimum atomic E-state index is -0.169. The highest BCUT2D eigenvalue weighted by atomic mass is 35.5. The molecule has 0 aliphatic rings. The van der Waals surface area contributed by atoms with Crippen LogP contribution in [-0.4, -0.2) is 23.3 Å². The van der Waals surface area contributed by atoms with E-state index >= 15 is 0 Å². The van der Waals surface area contributed by atoms with Crippen molar-refractivity contribution in [3.8, 4) is 0 Å². The van der Waals surface area contributed by atoms with Crippen LogP contribution in [-0.2, 0) is 0 Å². The van der Waals surface area contributed by atoms with Gasteiger partial charge in [-0.2, -0.15) is 0 Å². The van der Waals surface area contributed by atoms with E-state index in [4.69, 9.17) is 11.6 Å². The number of thioether (sulfide) groups is 1. The van der Waals surface area contributed by atoms with Gasteiger partial charge in [0.15, 0.2) is 0 Å². The number of thiazole rings is 1. The number of carbonyl (C=O) groups excluding carboxylic acids is 1. The molecule has 1 unspecified atom stereocenters. The summed E-state index contributed by atoms with van der Waals surface area (Å²) in [5.74, 6) is 0.805. The minimum Gasteiger partial charge on any atom is -0.337 e. The predicted molar refractivity (Wildman–Crippen MR) is 94.0 cm³/mol. The van der Waals surface area contributed by atoms with Crippen LogP contribution in [0.4, 0.5) is 4.79 Å². The number of rotatable bonds is 6. The number of aryl methyl sites for hydroxylation is 1. The predicted octanol–water partition coefficient (Wildman–Crippen LogP) is 4.26. The average Bonchev–Trinajstić information content (AvgIpc) is 2.92. The number of nitrogens with one attached hydrogen (secondary N) is 2. The van der Waals surface area contributed by atoms with Gasteiger partial charge in [-0.1, -0.05) is 11.6 Å². The van der Waals surface area contributed by atoms with Crippen molar-refractivity contribution in [2.24, 2.45) is 0 Å². The lowest BCUT2D eigenvalue weighted by atomic mass is 10.3. The summed E-state index contributed by atoms with van der Waals surface area (Å²) in [5, 5.41) is 9.37. The Morgan fingerprint density at radius 3 is 2.77 bits per heavy atom. The number of benzene rings is 1. The highest BCUT2D eigenvalue weighted by Crippen LogP contribution is 2.20. The van der Waals surface area contributed by atoms with Crippen molar-refractivity contribution in [1.82, 2.24) is 15.6 Å². The Labute approximate surface area is 143 Å². The molecule has 2 aromatic rings. The summed E-state index contributed by atoms with van der Waals surface area (Å²) in [5.41, 5.74) is 0.980. The number of urea groups is 1. The fourth-order valence-electron chi connectivity index (χ4n) is 1.74. The SMILES string of the molecule is Cc1csc(C(C)NC(=O)NCCSc2ccc(Cl)cc2)n1. The summed E-state index contributed by atoms with van der Waals surface area (Å²) in [6.45, 7) is 4.48. The minimum absolute atomic E-state index is 0.0809. The van der Waals surface area contributed by atoms with Crippen molar-refractivity contribution in [3.63, 3.8) is 0 Å². The third-order valence-electron chi connectivity index (χ3n) is 2.82. The fourth-order valence-corrected chi connectivity index (χ4v) is 3.44. The van der Waals surface area contributed by atoms with Crippen LogP contribution in [0.3, 0.4) is 0 Å². The van der Waals surface area contributed by atoms with E-state index < -0.39 is 0 Å². The maximum absolute atomic E-state index is 11.8. The molecule has 2 rings (SSSR count). The Kier molecular flexibility index (Phi) is 6.54. The molecule has 118 valence electrons. The topological polar surface area (TPSA) is 54.0 Å². The third kappa shape index (κ3) is 5.51. The molecular formula is C15H18ClN3OS2. The molecule has 1 aromatic heterocycles. The van der Waals surface area contributed by atoms with E-state index in [-0.39, 0.29) is 12.1 Å². The molecule has 1 atom stereocenters.